The van der Waals surface area contributed by atoms with Crippen molar-refractivity contribution in [1.82, 2.24) is 14.5 Å². The smallest absolute Gasteiger partial charge is 0.123 e. The van der Waals surface area contributed by atoms with Crippen molar-refractivity contribution in [2.45, 2.75) is 26.0 Å². The minimum atomic E-state index is -0.594. The van der Waals surface area contributed by atoms with Gasteiger partial charge in [0.1, 0.15) is 5.82 Å². The summed E-state index contributed by atoms with van der Waals surface area (Å²) in [5, 5.41) is 10.3. The number of aliphatic hydroxyl groups excluding tert-OH is 1. The van der Waals surface area contributed by atoms with Crippen LogP contribution in [0.4, 0.5) is 4.39 Å². The van der Waals surface area contributed by atoms with Gasteiger partial charge in [-0.2, -0.15) is 0 Å². The summed E-state index contributed by atoms with van der Waals surface area (Å²) in [6.45, 7) is 4.16. The molecule has 4 nitrogen and oxygen atoms in total. The molecule has 114 valence electrons. The monoisotopic (exact) mass is 291 g/mol. The molecule has 0 bridgehead atoms. The molecule has 1 heterocycles. The van der Waals surface area contributed by atoms with Gasteiger partial charge in [0.05, 0.1) is 12.4 Å². The van der Waals surface area contributed by atoms with Crippen LogP contribution in [-0.2, 0) is 6.54 Å². The molecule has 5 heteroatoms. The molecule has 1 N–H and O–H groups in total. The molecule has 0 radical (unpaired) electrons. The van der Waals surface area contributed by atoms with Crippen molar-refractivity contribution in [3.05, 3.63) is 53.9 Å². The Morgan fingerprint density at radius 1 is 1.43 bits per heavy atom. The number of aliphatic hydroxyl groups is 1. The minimum absolute atomic E-state index is 0.267. The molecular weight excluding hydrogens is 269 g/mol. The summed E-state index contributed by atoms with van der Waals surface area (Å²) >= 11 is 0. The van der Waals surface area contributed by atoms with Crippen LogP contribution in [0.5, 0.6) is 0 Å². The van der Waals surface area contributed by atoms with Crippen molar-refractivity contribution >= 4 is 0 Å². The largest absolute Gasteiger partial charge is 0.387 e. The van der Waals surface area contributed by atoms with E-state index in [9.17, 15) is 9.50 Å². The summed E-state index contributed by atoms with van der Waals surface area (Å²) in [5.41, 5.74) is 1.58. The molecule has 1 aromatic heterocycles. The molecule has 0 aliphatic rings. The fourth-order valence-electron chi connectivity index (χ4n) is 2.44. The highest BCUT2D eigenvalue weighted by Gasteiger charge is 2.13. The Labute approximate surface area is 124 Å². The normalized spacial score (nSPS) is 12.8. The van der Waals surface area contributed by atoms with E-state index in [0.29, 0.717) is 6.54 Å². The van der Waals surface area contributed by atoms with Crippen molar-refractivity contribution in [2.24, 2.45) is 0 Å². The second-order valence-electron chi connectivity index (χ2n) is 5.43. The van der Waals surface area contributed by atoms with Crippen molar-refractivity contribution in [3.63, 3.8) is 0 Å². The SMILES string of the molecule is Cc1cc(F)ccc1C(O)CN(C)CCCn1ccnc1. The Morgan fingerprint density at radius 3 is 2.90 bits per heavy atom. The third-order valence-corrected chi connectivity index (χ3v) is 3.59. The van der Waals surface area contributed by atoms with E-state index in [-0.39, 0.29) is 5.82 Å². The predicted molar refractivity (Wildman–Crippen MR) is 80.4 cm³/mol. The maximum Gasteiger partial charge on any atom is 0.123 e. The number of aromatic nitrogens is 2. The molecule has 2 aromatic rings. The first-order chi connectivity index (χ1) is 10.1. The van der Waals surface area contributed by atoms with E-state index in [1.54, 1.807) is 18.6 Å². The van der Waals surface area contributed by atoms with Crippen LogP contribution in [-0.4, -0.2) is 39.7 Å². The third kappa shape index (κ3) is 4.65. The third-order valence-electron chi connectivity index (χ3n) is 3.59. The maximum atomic E-state index is 13.1. The zero-order valence-corrected chi connectivity index (χ0v) is 12.5. The van der Waals surface area contributed by atoms with Crippen LogP contribution in [0.3, 0.4) is 0 Å². The first-order valence-electron chi connectivity index (χ1n) is 7.14. The van der Waals surface area contributed by atoms with Gasteiger partial charge in [-0.1, -0.05) is 6.07 Å². The standard InChI is InChI=1S/C16H22FN3O/c1-13-10-14(17)4-5-15(13)16(21)11-19(2)7-3-8-20-9-6-18-12-20/h4-6,9-10,12,16,21H,3,7-8,11H2,1-2H3. The number of nitrogens with zero attached hydrogens (tertiary/aromatic N) is 3. The predicted octanol–water partition coefficient (Wildman–Crippen LogP) is 2.39. The average molecular weight is 291 g/mol. The van der Waals surface area contributed by atoms with Gasteiger partial charge in [0.2, 0.25) is 0 Å². The lowest BCUT2D eigenvalue weighted by atomic mass is 10.0. The highest BCUT2D eigenvalue weighted by Crippen LogP contribution is 2.19. The number of likely N-dealkylation sites (N-methyl/N-ethyl adjacent to an activating group) is 1. The van der Waals surface area contributed by atoms with Gasteiger partial charge in [0, 0.05) is 25.5 Å². The summed E-state index contributed by atoms with van der Waals surface area (Å²) in [7, 11) is 1.98. The molecule has 0 saturated carbocycles. The number of hydrogen-bond donors (Lipinski definition) is 1. The van der Waals surface area contributed by atoms with E-state index in [2.05, 4.69) is 9.88 Å². The fraction of sp³-hybridized carbons (Fsp3) is 0.438. The number of benzene rings is 1. The molecule has 0 aliphatic carbocycles. The number of halogens is 1. The second kappa shape index (κ2) is 7.33. The fourth-order valence-corrected chi connectivity index (χ4v) is 2.44. The van der Waals surface area contributed by atoms with Crippen molar-refractivity contribution in [2.75, 3.05) is 20.1 Å². The van der Waals surface area contributed by atoms with Crippen LogP contribution in [0.1, 0.15) is 23.7 Å². The van der Waals surface area contributed by atoms with E-state index < -0.39 is 6.10 Å². The lowest BCUT2D eigenvalue weighted by molar-refractivity contribution is 0.125. The highest BCUT2D eigenvalue weighted by atomic mass is 19.1. The zero-order chi connectivity index (χ0) is 15.2. The van der Waals surface area contributed by atoms with Gasteiger partial charge < -0.3 is 14.6 Å². The molecule has 1 unspecified atom stereocenters. The van der Waals surface area contributed by atoms with Gasteiger partial charge in [-0.3, -0.25) is 0 Å². The first-order valence-corrected chi connectivity index (χ1v) is 7.14. The minimum Gasteiger partial charge on any atom is -0.387 e. The Morgan fingerprint density at radius 2 is 2.24 bits per heavy atom. The zero-order valence-electron chi connectivity index (χ0n) is 12.5. The molecule has 2 rings (SSSR count). The van der Waals surface area contributed by atoms with Gasteiger partial charge in [-0.25, -0.2) is 9.37 Å². The topological polar surface area (TPSA) is 41.3 Å². The van der Waals surface area contributed by atoms with Gasteiger partial charge >= 0.3 is 0 Å². The molecule has 1 aromatic carbocycles. The van der Waals surface area contributed by atoms with E-state index in [1.807, 2.05) is 24.7 Å². The lowest BCUT2D eigenvalue weighted by Gasteiger charge is -2.22. The van der Waals surface area contributed by atoms with Crippen LogP contribution in [0.15, 0.2) is 36.9 Å². The number of rotatable bonds is 7. The van der Waals surface area contributed by atoms with Crippen molar-refractivity contribution < 1.29 is 9.50 Å². The van der Waals surface area contributed by atoms with Gasteiger partial charge in [0.15, 0.2) is 0 Å². The number of aryl methyl sites for hydroxylation is 2. The van der Waals surface area contributed by atoms with Crippen LogP contribution in [0.2, 0.25) is 0 Å². The molecule has 0 fully saturated rings. The van der Waals surface area contributed by atoms with Gasteiger partial charge in [-0.05, 0) is 50.2 Å². The maximum absolute atomic E-state index is 13.1. The molecule has 0 spiro atoms. The van der Waals surface area contributed by atoms with E-state index in [0.717, 1.165) is 30.6 Å². The molecule has 21 heavy (non-hydrogen) atoms. The summed E-state index contributed by atoms with van der Waals surface area (Å²) in [6, 6.07) is 4.51. The van der Waals surface area contributed by atoms with Crippen LogP contribution < -0.4 is 0 Å². The molecule has 0 amide bonds. The Bertz CT molecular complexity index is 557. The number of hydrogen-bond acceptors (Lipinski definition) is 3. The van der Waals surface area contributed by atoms with E-state index >= 15 is 0 Å². The Kier molecular flexibility index (Phi) is 5.47. The molecule has 0 aliphatic heterocycles. The molecule has 1 atom stereocenters. The van der Waals surface area contributed by atoms with Gasteiger partial charge in [0.25, 0.3) is 0 Å². The second-order valence-corrected chi connectivity index (χ2v) is 5.43. The quantitative estimate of drug-likeness (QED) is 0.851. The summed E-state index contributed by atoms with van der Waals surface area (Å²) in [6.07, 6.45) is 5.91. The molecule has 0 saturated heterocycles. The summed E-state index contributed by atoms with van der Waals surface area (Å²) in [5.74, 6) is -0.267. The van der Waals surface area contributed by atoms with E-state index in [4.69, 9.17) is 0 Å². The first kappa shape index (κ1) is 15.7. The van der Waals surface area contributed by atoms with Crippen molar-refractivity contribution in [3.8, 4) is 0 Å². The summed E-state index contributed by atoms with van der Waals surface area (Å²) < 4.78 is 15.1. The summed E-state index contributed by atoms with van der Waals surface area (Å²) in [4.78, 5) is 6.09. The van der Waals surface area contributed by atoms with Crippen molar-refractivity contribution in [1.29, 1.82) is 0 Å². The van der Waals surface area contributed by atoms with E-state index in [1.165, 1.54) is 12.1 Å². The van der Waals surface area contributed by atoms with Crippen LogP contribution in [0.25, 0.3) is 0 Å². The van der Waals surface area contributed by atoms with Crippen LogP contribution >= 0.6 is 0 Å². The van der Waals surface area contributed by atoms with Gasteiger partial charge in [-0.15, -0.1) is 0 Å². The Balaban J connectivity index is 1.79. The van der Waals surface area contributed by atoms with Crippen LogP contribution in [0, 0.1) is 12.7 Å². The highest BCUT2D eigenvalue weighted by molar-refractivity contribution is 5.28. The Hall–Kier alpha value is -1.72. The average Bonchev–Trinajstić information content (AvgIpc) is 2.91. The lowest BCUT2D eigenvalue weighted by Crippen LogP contribution is -2.26. The number of imidazole rings is 1. The molecular formula is C16H22FN3O.